The van der Waals surface area contributed by atoms with Crippen molar-refractivity contribution in [3.05, 3.63) is 0 Å². The molecule has 80 valence electrons. The van der Waals surface area contributed by atoms with Crippen LogP contribution in [0.3, 0.4) is 0 Å². The zero-order chi connectivity index (χ0) is 10.3. The maximum atomic E-state index is 11.3. The number of hydrogen-bond acceptors (Lipinski definition) is 4. The Morgan fingerprint density at radius 2 is 2.14 bits per heavy atom. The lowest BCUT2D eigenvalue weighted by Gasteiger charge is -2.19. The number of hydrogen-bond donors (Lipinski definition) is 1. The summed E-state index contributed by atoms with van der Waals surface area (Å²) in [7, 11) is 1.59. The van der Waals surface area contributed by atoms with Gasteiger partial charge in [-0.2, -0.15) is 0 Å². The van der Waals surface area contributed by atoms with Crippen LogP contribution in [-0.4, -0.2) is 37.2 Å². The van der Waals surface area contributed by atoms with Gasteiger partial charge in [0.25, 0.3) is 0 Å². The second kappa shape index (κ2) is 3.18. The molecule has 0 aromatic heterocycles. The van der Waals surface area contributed by atoms with Crippen LogP contribution in [-0.2, 0) is 19.0 Å². The van der Waals surface area contributed by atoms with Crippen molar-refractivity contribution >= 4 is 5.91 Å². The molecule has 3 atom stereocenters. The first-order chi connectivity index (χ1) is 6.52. The minimum Gasteiger partial charge on any atom is -0.357 e. The van der Waals surface area contributed by atoms with E-state index in [1.807, 2.05) is 13.8 Å². The fourth-order valence-corrected chi connectivity index (χ4v) is 1.84. The number of rotatable bonds is 1. The maximum absolute atomic E-state index is 11.3. The fourth-order valence-electron chi connectivity index (χ4n) is 1.84. The number of amides is 1. The van der Waals surface area contributed by atoms with Gasteiger partial charge in [0.05, 0.1) is 0 Å². The van der Waals surface area contributed by atoms with Crippen molar-refractivity contribution in [2.75, 3.05) is 7.05 Å². The Kier molecular flexibility index (Phi) is 2.25. The van der Waals surface area contributed by atoms with Gasteiger partial charge < -0.3 is 19.5 Å². The van der Waals surface area contributed by atoms with Crippen LogP contribution in [0.25, 0.3) is 0 Å². The van der Waals surface area contributed by atoms with Crippen molar-refractivity contribution in [3.8, 4) is 0 Å². The molecule has 2 aliphatic rings. The monoisotopic (exact) mass is 201 g/mol. The second-order valence-electron chi connectivity index (χ2n) is 4.02. The molecule has 0 saturated carbocycles. The largest absolute Gasteiger partial charge is 0.357 e. The summed E-state index contributed by atoms with van der Waals surface area (Å²) in [5, 5.41) is 2.54. The van der Waals surface area contributed by atoms with E-state index in [-0.39, 0.29) is 12.0 Å². The Hall–Kier alpha value is -0.650. The van der Waals surface area contributed by atoms with Gasteiger partial charge in [-0.25, -0.2) is 0 Å². The molecule has 0 aliphatic carbocycles. The van der Waals surface area contributed by atoms with Crippen molar-refractivity contribution in [2.45, 2.75) is 44.6 Å². The van der Waals surface area contributed by atoms with E-state index in [1.165, 1.54) is 0 Å². The van der Waals surface area contributed by atoms with Gasteiger partial charge in [0.1, 0.15) is 12.2 Å². The van der Waals surface area contributed by atoms with Crippen LogP contribution in [0.5, 0.6) is 0 Å². The topological polar surface area (TPSA) is 56.8 Å². The number of ether oxygens (including phenoxy) is 3. The molecule has 2 saturated heterocycles. The van der Waals surface area contributed by atoms with E-state index in [2.05, 4.69) is 5.32 Å². The van der Waals surface area contributed by atoms with Crippen LogP contribution in [0.15, 0.2) is 0 Å². The number of carbonyl (C=O) groups excluding carboxylic acids is 1. The Labute approximate surface area is 82.7 Å². The molecule has 0 radical (unpaired) electrons. The zero-order valence-corrected chi connectivity index (χ0v) is 8.57. The summed E-state index contributed by atoms with van der Waals surface area (Å²) in [4.78, 5) is 11.3. The van der Waals surface area contributed by atoms with Crippen LogP contribution in [0.1, 0.15) is 20.3 Å². The normalized spacial score (nSPS) is 39.5. The molecular formula is C9H15NO4. The maximum Gasteiger partial charge on any atom is 0.249 e. The number of likely N-dealkylation sites (N-methyl/N-ethyl adjacent to an activating group) is 1. The molecule has 1 amide bonds. The molecule has 0 aromatic carbocycles. The number of nitrogens with one attached hydrogen (secondary N) is 1. The van der Waals surface area contributed by atoms with Gasteiger partial charge in [0.15, 0.2) is 12.1 Å². The zero-order valence-electron chi connectivity index (χ0n) is 8.57. The molecule has 14 heavy (non-hydrogen) atoms. The van der Waals surface area contributed by atoms with Crippen LogP contribution in [0.2, 0.25) is 0 Å². The second-order valence-corrected chi connectivity index (χ2v) is 4.02. The van der Waals surface area contributed by atoms with E-state index in [0.29, 0.717) is 6.42 Å². The van der Waals surface area contributed by atoms with Gasteiger partial charge in [0.2, 0.25) is 5.91 Å². The molecule has 0 aromatic rings. The summed E-state index contributed by atoms with van der Waals surface area (Å²) in [6.07, 6.45) is -0.390. The summed E-state index contributed by atoms with van der Waals surface area (Å²) in [5.41, 5.74) is 0. The Morgan fingerprint density at radius 3 is 2.71 bits per heavy atom. The third-order valence-electron chi connectivity index (χ3n) is 2.42. The molecule has 2 aliphatic heterocycles. The minimum atomic E-state index is -0.594. The number of carbonyl (C=O) groups is 1. The van der Waals surface area contributed by atoms with E-state index in [0.717, 1.165) is 0 Å². The highest BCUT2D eigenvalue weighted by Gasteiger charge is 2.50. The lowest BCUT2D eigenvalue weighted by molar-refractivity contribution is -0.205. The Morgan fingerprint density at radius 1 is 1.43 bits per heavy atom. The predicted octanol–water partition coefficient (Wildman–Crippen LogP) is -0.00110. The van der Waals surface area contributed by atoms with Crippen LogP contribution in [0.4, 0.5) is 0 Å². The van der Waals surface area contributed by atoms with Gasteiger partial charge in [0, 0.05) is 13.5 Å². The molecule has 2 rings (SSSR count). The van der Waals surface area contributed by atoms with Gasteiger partial charge in [-0.1, -0.05) is 0 Å². The van der Waals surface area contributed by atoms with Crippen LogP contribution >= 0.6 is 0 Å². The summed E-state index contributed by atoms with van der Waals surface area (Å²) in [6, 6.07) is 0. The molecule has 2 fully saturated rings. The average molecular weight is 201 g/mol. The first kappa shape index (κ1) is 9.89. The first-order valence-electron chi connectivity index (χ1n) is 4.74. The van der Waals surface area contributed by atoms with E-state index in [9.17, 15) is 4.79 Å². The van der Waals surface area contributed by atoms with E-state index in [4.69, 9.17) is 14.2 Å². The van der Waals surface area contributed by atoms with Gasteiger partial charge >= 0.3 is 0 Å². The molecule has 0 bridgehead atoms. The molecule has 0 unspecified atom stereocenters. The summed E-state index contributed by atoms with van der Waals surface area (Å²) >= 11 is 0. The van der Waals surface area contributed by atoms with Crippen LogP contribution in [0, 0.1) is 0 Å². The lowest BCUT2D eigenvalue weighted by Crippen LogP contribution is -2.34. The van der Waals surface area contributed by atoms with E-state index >= 15 is 0 Å². The highest BCUT2D eigenvalue weighted by atomic mass is 16.8. The highest BCUT2D eigenvalue weighted by Crippen LogP contribution is 2.36. The standard InChI is InChI=1S/C9H15NO4/c1-9(2)13-6-4-5(7(11)10-3)12-8(6)14-9/h5-6,8H,4H2,1-3H3,(H,10,11)/t5-,6+,8+/m0/s1. The summed E-state index contributed by atoms with van der Waals surface area (Å²) in [5.74, 6) is -0.715. The fraction of sp³-hybridized carbons (Fsp3) is 0.889. The molecular weight excluding hydrogens is 186 g/mol. The van der Waals surface area contributed by atoms with Crippen molar-refractivity contribution < 1.29 is 19.0 Å². The van der Waals surface area contributed by atoms with Gasteiger partial charge in [-0.3, -0.25) is 4.79 Å². The molecule has 2 heterocycles. The Bertz CT molecular complexity index is 237. The third kappa shape index (κ3) is 1.63. The van der Waals surface area contributed by atoms with E-state index in [1.54, 1.807) is 7.05 Å². The van der Waals surface area contributed by atoms with Crippen molar-refractivity contribution in [1.82, 2.24) is 5.32 Å². The minimum absolute atomic E-state index is 0.118. The molecule has 1 N–H and O–H groups in total. The third-order valence-corrected chi connectivity index (χ3v) is 2.42. The van der Waals surface area contributed by atoms with Gasteiger partial charge in [-0.05, 0) is 13.8 Å². The van der Waals surface area contributed by atoms with Gasteiger partial charge in [-0.15, -0.1) is 0 Å². The van der Waals surface area contributed by atoms with Crippen LogP contribution < -0.4 is 5.32 Å². The highest BCUT2D eigenvalue weighted by molar-refractivity contribution is 5.80. The lowest BCUT2D eigenvalue weighted by atomic mass is 10.2. The number of fused-ring (bicyclic) bond motifs is 1. The Balaban J connectivity index is 1.97. The van der Waals surface area contributed by atoms with Crippen molar-refractivity contribution in [2.24, 2.45) is 0 Å². The smallest absolute Gasteiger partial charge is 0.249 e. The molecule has 5 nitrogen and oxygen atoms in total. The van der Waals surface area contributed by atoms with E-state index < -0.39 is 18.2 Å². The van der Waals surface area contributed by atoms with Crippen molar-refractivity contribution in [3.63, 3.8) is 0 Å². The predicted molar refractivity (Wildman–Crippen MR) is 47.4 cm³/mol. The summed E-state index contributed by atoms with van der Waals surface area (Å²) < 4.78 is 16.5. The molecule has 0 spiro atoms. The van der Waals surface area contributed by atoms with Crippen molar-refractivity contribution in [1.29, 1.82) is 0 Å². The summed E-state index contributed by atoms with van der Waals surface area (Å²) in [6.45, 7) is 3.67. The quantitative estimate of drug-likeness (QED) is 0.648. The SMILES string of the molecule is CNC(=O)[C@@H]1C[C@H]2OC(C)(C)O[C@H]2O1. The average Bonchev–Trinajstić information content (AvgIpc) is 2.56. The molecule has 5 heteroatoms. The first-order valence-corrected chi connectivity index (χ1v) is 4.74.